The van der Waals surface area contributed by atoms with E-state index in [4.69, 9.17) is 18.9 Å². The fraction of sp³-hybridized carbons (Fsp3) is 0.579. The molecule has 1 rings (SSSR count). The molecular weight excluding hydrogens is 400 g/mol. The van der Waals surface area contributed by atoms with Gasteiger partial charge in [-0.15, -0.1) is 0 Å². The van der Waals surface area contributed by atoms with E-state index in [9.17, 15) is 24.8 Å². The van der Waals surface area contributed by atoms with Crippen LogP contribution in [0, 0.1) is 16.0 Å². The van der Waals surface area contributed by atoms with Crippen LogP contribution in [-0.2, 0) is 23.7 Å². The van der Waals surface area contributed by atoms with Crippen LogP contribution >= 0.6 is 0 Å². The minimum absolute atomic E-state index is 0.0110. The predicted molar refractivity (Wildman–Crippen MR) is 105 cm³/mol. The number of methoxy groups -OCH3 is 1. The van der Waals surface area contributed by atoms with Gasteiger partial charge in [-0.05, 0) is 18.6 Å². The third-order valence-corrected chi connectivity index (χ3v) is 4.32. The third kappa shape index (κ3) is 8.82. The number of rotatable bonds is 15. The second-order valence-corrected chi connectivity index (χ2v) is 6.56. The van der Waals surface area contributed by atoms with Crippen LogP contribution < -0.4 is 0 Å². The first kappa shape index (κ1) is 25.4. The molecule has 2 unspecified atom stereocenters. The van der Waals surface area contributed by atoms with Crippen molar-refractivity contribution in [1.29, 1.82) is 0 Å². The number of ether oxygens (including phenoxy) is 4. The molecule has 1 amide bonds. The molecule has 0 radical (unpaired) electrons. The molecule has 0 spiro atoms. The van der Waals surface area contributed by atoms with Crippen molar-refractivity contribution in [2.24, 2.45) is 5.92 Å². The number of carboxylic acids is 1. The number of carbonyl (C=O) groups is 2. The van der Waals surface area contributed by atoms with Crippen LogP contribution in [-0.4, -0.2) is 80.4 Å². The van der Waals surface area contributed by atoms with Gasteiger partial charge in [-0.25, -0.2) is 0 Å². The van der Waals surface area contributed by atoms with Gasteiger partial charge in [-0.1, -0.05) is 6.92 Å². The highest BCUT2D eigenvalue weighted by atomic mass is 16.7. The Morgan fingerprint density at radius 3 is 2.33 bits per heavy atom. The molecule has 0 aliphatic rings. The fourth-order valence-corrected chi connectivity index (χ4v) is 2.48. The number of benzene rings is 1. The molecular formula is C19H28N2O9. The van der Waals surface area contributed by atoms with E-state index in [0.29, 0.717) is 13.2 Å². The zero-order valence-corrected chi connectivity index (χ0v) is 17.3. The number of nitrogens with zero attached hydrogens (tertiary/aromatic N) is 2. The molecule has 1 N–H and O–H groups in total. The maximum absolute atomic E-state index is 12.7. The number of aliphatic carboxylic acids is 1. The highest BCUT2D eigenvalue weighted by Crippen LogP contribution is 2.17. The Kier molecular flexibility index (Phi) is 11.5. The van der Waals surface area contributed by atoms with E-state index in [-0.39, 0.29) is 37.9 Å². The summed E-state index contributed by atoms with van der Waals surface area (Å²) in [6.45, 7) is 2.32. The average molecular weight is 428 g/mol. The largest absolute Gasteiger partial charge is 0.481 e. The number of nitro groups is 1. The summed E-state index contributed by atoms with van der Waals surface area (Å²) in [6, 6.07) is 4.65. The number of amides is 1. The van der Waals surface area contributed by atoms with E-state index in [1.807, 2.05) is 0 Å². The lowest BCUT2D eigenvalue weighted by atomic mass is 10.0. The van der Waals surface area contributed by atoms with Crippen LogP contribution in [0.15, 0.2) is 24.3 Å². The molecule has 1 aromatic rings. The number of non-ortho nitro benzene ring substituents is 1. The molecule has 0 aliphatic carbocycles. The van der Waals surface area contributed by atoms with Crippen molar-refractivity contribution in [3.63, 3.8) is 0 Å². The highest BCUT2D eigenvalue weighted by Gasteiger charge is 2.26. The van der Waals surface area contributed by atoms with Crippen molar-refractivity contribution in [3.05, 3.63) is 39.9 Å². The van der Waals surface area contributed by atoms with Gasteiger partial charge in [0.05, 0.1) is 36.7 Å². The fourth-order valence-electron chi connectivity index (χ4n) is 2.48. The van der Waals surface area contributed by atoms with Crippen LogP contribution in [0.1, 0.15) is 23.7 Å². The maximum atomic E-state index is 12.7. The first-order valence-electron chi connectivity index (χ1n) is 9.24. The molecule has 0 aromatic heterocycles. The topological polar surface area (TPSA) is 138 Å². The number of hydrogen-bond acceptors (Lipinski definition) is 8. The molecule has 30 heavy (non-hydrogen) atoms. The first-order valence-corrected chi connectivity index (χ1v) is 9.24. The Hall–Kier alpha value is -2.60. The lowest BCUT2D eigenvalue weighted by Gasteiger charge is -2.29. The Bertz CT molecular complexity index is 681. The predicted octanol–water partition coefficient (Wildman–Crippen LogP) is 1.76. The summed E-state index contributed by atoms with van der Waals surface area (Å²) in [6.07, 6.45) is 0.162. The van der Waals surface area contributed by atoms with E-state index >= 15 is 0 Å². The number of carbonyl (C=O) groups excluding carboxylic acids is 1. The van der Waals surface area contributed by atoms with Gasteiger partial charge < -0.3 is 29.0 Å². The second kappa shape index (κ2) is 13.6. The Morgan fingerprint density at radius 1 is 1.13 bits per heavy atom. The van der Waals surface area contributed by atoms with Gasteiger partial charge in [0.1, 0.15) is 13.6 Å². The summed E-state index contributed by atoms with van der Waals surface area (Å²) < 4.78 is 20.6. The van der Waals surface area contributed by atoms with Crippen LogP contribution in [0.5, 0.6) is 0 Å². The van der Waals surface area contributed by atoms with Crippen LogP contribution in [0.4, 0.5) is 5.69 Å². The molecule has 1 aromatic carbocycles. The molecule has 0 bridgehead atoms. The van der Waals surface area contributed by atoms with Crippen molar-refractivity contribution in [3.8, 4) is 0 Å². The van der Waals surface area contributed by atoms with E-state index < -0.39 is 28.8 Å². The summed E-state index contributed by atoms with van der Waals surface area (Å²) in [7, 11) is 3.08. The highest BCUT2D eigenvalue weighted by molar-refractivity contribution is 5.94. The monoisotopic (exact) mass is 428 g/mol. The quantitative estimate of drug-likeness (QED) is 0.192. The number of carboxylic acid groups (broad SMARTS) is 1. The van der Waals surface area contributed by atoms with Crippen molar-refractivity contribution in [1.82, 2.24) is 4.90 Å². The smallest absolute Gasteiger partial charge is 0.306 e. The molecule has 11 heteroatoms. The Labute approximate surface area is 174 Å². The van der Waals surface area contributed by atoms with Crippen molar-refractivity contribution in [2.45, 2.75) is 19.4 Å². The SMILES string of the molecule is COCCOCOCOCC(CC(C)C(=O)O)N(C)C(=O)c1ccc([N+](=O)[O-])cc1. The molecule has 0 saturated heterocycles. The zero-order chi connectivity index (χ0) is 22.5. The summed E-state index contributed by atoms with van der Waals surface area (Å²) >= 11 is 0. The molecule has 0 fully saturated rings. The lowest BCUT2D eigenvalue weighted by molar-refractivity contribution is -0.384. The molecule has 168 valence electrons. The lowest BCUT2D eigenvalue weighted by Crippen LogP contribution is -2.42. The van der Waals surface area contributed by atoms with Gasteiger partial charge in [0.2, 0.25) is 0 Å². The maximum Gasteiger partial charge on any atom is 0.306 e. The summed E-state index contributed by atoms with van der Waals surface area (Å²) in [5.74, 6) is -2.09. The van der Waals surface area contributed by atoms with Gasteiger partial charge in [0.15, 0.2) is 0 Å². The zero-order valence-electron chi connectivity index (χ0n) is 17.3. The molecule has 0 heterocycles. The number of likely N-dealkylation sites (N-methyl/N-ethyl adjacent to an activating group) is 1. The number of nitro benzene ring substituents is 1. The minimum Gasteiger partial charge on any atom is -0.481 e. The van der Waals surface area contributed by atoms with Gasteiger partial charge in [0.25, 0.3) is 11.6 Å². The van der Waals surface area contributed by atoms with Gasteiger partial charge in [0, 0.05) is 31.9 Å². The van der Waals surface area contributed by atoms with E-state index in [1.165, 1.54) is 36.2 Å². The second-order valence-electron chi connectivity index (χ2n) is 6.56. The first-order chi connectivity index (χ1) is 14.3. The summed E-state index contributed by atoms with van der Waals surface area (Å²) in [5, 5.41) is 20.0. The van der Waals surface area contributed by atoms with Crippen molar-refractivity contribution in [2.75, 3.05) is 47.6 Å². The molecule has 0 aliphatic heterocycles. The van der Waals surface area contributed by atoms with Gasteiger partial charge >= 0.3 is 5.97 Å². The van der Waals surface area contributed by atoms with Crippen molar-refractivity contribution >= 4 is 17.6 Å². The summed E-state index contributed by atoms with van der Waals surface area (Å²) in [5.41, 5.74) is 0.123. The van der Waals surface area contributed by atoms with E-state index in [1.54, 1.807) is 14.0 Å². The summed E-state index contributed by atoms with van der Waals surface area (Å²) in [4.78, 5) is 35.6. The normalized spacial score (nSPS) is 12.9. The average Bonchev–Trinajstić information content (AvgIpc) is 2.73. The standard InChI is InChI=1S/C19H28N2O9/c1-14(19(23)24)10-17(11-29-13-30-12-28-9-8-27-3)20(2)18(22)15-4-6-16(7-5-15)21(25)26/h4-7,14,17H,8-13H2,1-3H3,(H,23,24). The number of hydrogen-bond donors (Lipinski definition) is 1. The Morgan fingerprint density at radius 2 is 1.77 bits per heavy atom. The van der Waals surface area contributed by atoms with Gasteiger partial charge in [-0.2, -0.15) is 0 Å². The molecule has 11 nitrogen and oxygen atoms in total. The van der Waals surface area contributed by atoms with Crippen LogP contribution in [0.25, 0.3) is 0 Å². The molecule has 0 saturated carbocycles. The van der Waals surface area contributed by atoms with Crippen LogP contribution in [0.2, 0.25) is 0 Å². The third-order valence-electron chi connectivity index (χ3n) is 4.32. The molecule has 2 atom stereocenters. The van der Waals surface area contributed by atoms with E-state index in [0.717, 1.165) is 0 Å². The van der Waals surface area contributed by atoms with Crippen molar-refractivity contribution < 1.29 is 38.6 Å². The van der Waals surface area contributed by atoms with Crippen LogP contribution in [0.3, 0.4) is 0 Å². The van der Waals surface area contributed by atoms with Gasteiger partial charge in [-0.3, -0.25) is 19.7 Å². The minimum atomic E-state index is -0.987. The Balaban J connectivity index is 2.67. The van der Waals surface area contributed by atoms with E-state index in [2.05, 4.69) is 0 Å².